The van der Waals surface area contributed by atoms with Gasteiger partial charge < -0.3 is 5.32 Å². The van der Waals surface area contributed by atoms with Gasteiger partial charge in [-0.3, -0.25) is 14.5 Å². The molecular weight excluding hydrogens is 492 g/mol. The van der Waals surface area contributed by atoms with Crippen molar-refractivity contribution < 1.29 is 9.59 Å². The minimum atomic E-state index is -0.177. The highest BCUT2D eigenvalue weighted by molar-refractivity contribution is 8.00. The van der Waals surface area contributed by atoms with Gasteiger partial charge in [-0.2, -0.15) is 5.10 Å². The first-order valence-electron chi connectivity index (χ1n) is 13.0. The van der Waals surface area contributed by atoms with E-state index in [2.05, 4.69) is 42.6 Å². The first-order valence-corrected chi connectivity index (χ1v) is 14.0. The first-order chi connectivity index (χ1) is 18.5. The highest BCUT2D eigenvalue weighted by Gasteiger charge is 2.37. The first kappa shape index (κ1) is 25.8. The van der Waals surface area contributed by atoms with Gasteiger partial charge in [0.2, 0.25) is 11.8 Å². The molecular formula is C31H32N4O2S. The SMILES string of the molecule is CCCNC(=O)CN1C(=O)CS[C@@H](c2cccc(C)c2)c2c(-c3ccccc3)nn(-c3cccc(C)c3)c21. The fraction of sp³-hybridized carbons (Fsp3) is 0.258. The lowest BCUT2D eigenvalue weighted by Gasteiger charge is -2.23. The van der Waals surface area contributed by atoms with E-state index in [1.54, 1.807) is 16.7 Å². The number of rotatable bonds is 7. The molecule has 0 saturated carbocycles. The molecule has 1 aromatic heterocycles. The Morgan fingerprint density at radius 2 is 1.74 bits per heavy atom. The third-order valence-electron chi connectivity index (χ3n) is 6.60. The normalized spacial score (nSPS) is 15.2. The summed E-state index contributed by atoms with van der Waals surface area (Å²) in [5, 5.41) is 7.95. The Hall–Kier alpha value is -3.84. The summed E-state index contributed by atoms with van der Waals surface area (Å²) in [6, 6.07) is 26.6. The van der Waals surface area contributed by atoms with Gasteiger partial charge in [-0.15, -0.1) is 11.8 Å². The predicted octanol–water partition coefficient (Wildman–Crippen LogP) is 5.85. The number of amides is 2. The second kappa shape index (κ2) is 11.3. The number of fused-ring (bicyclic) bond motifs is 1. The van der Waals surface area contributed by atoms with Crippen molar-refractivity contribution in [2.45, 2.75) is 32.4 Å². The largest absolute Gasteiger partial charge is 0.355 e. The minimum Gasteiger partial charge on any atom is -0.355 e. The summed E-state index contributed by atoms with van der Waals surface area (Å²) in [7, 11) is 0. The molecule has 6 nitrogen and oxygen atoms in total. The van der Waals surface area contributed by atoms with Crippen molar-refractivity contribution in [2.75, 3.05) is 23.7 Å². The topological polar surface area (TPSA) is 67.2 Å². The van der Waals surface area contributed by atoms with Crippen molar-refractivity contribution in [1.82, 2.24) is 15.1 Å². The molecule has 0 bridgehead atoms. The molecule has 194 valence electrons. The number of hydrogen-bond donors (Lipinski definition) is 1. The van der Waals surface area contributed by atoms with E-state index >= 15 is 0 Å². The molecule has 7 heteroatoms. The zero-order valence-electron chi connectivity index (χ0n) is 22.0. The maximum atomic E-state index is 13.7. The lowest BCUT2D eigenvalue weighted by atomic mass is 9.98. The van der Waals surface area contributed by atoms with E-state index in [0.717, 1.165) is 45.6 Å². The Labute approximate surface area is 228 Å². The number of aromatic nitrogens is 2. The molecule has 0 saturated heterocycles. The Morgan fingerprint density at radius 3 is 2.45 bits per heavy atom. The molecule has 0 spiro atoms. The van der Waals surface area contributed by atoms with Crippen LogP contribution in [-0.4, -0.2) is 40.4 Å². The van der Waals surface area contributed by atoms with Crippen LogP contribution in [0, 0.1) is 13.8 Å². The monoisotopic (exact) mass is 524 g/mol. The van der Waals surface area contributed by atoms with Crippen molar-refractivity contribution in [3.63, 3.8) is 0 Å². The fourth-order valence-electron chi connectivity index (χ4n) is 4.83. The molecule has 0 radical (unpaired) electrons. The molecule has 1 aliphatic heterocycles. The number of benzene rings is 3. The predicted molar refractivity (Wildman–Crippen MR) is 155 cm³/mol. The van der Waals surface area contributed by atoms with Gasteiger partial charge in [0.1, 0.15) is 12.4 Å². The van der Waals surface area contributed by atoms with Crippen LogP contribution in [0.5, 0.6) is 0 Å². The molecule has 2 amide bonds. The van der Waals surface area contributed by atoms with Crippen molar-refractivity contribution in [3.05, 3.63) is 101 Å². The molecule has 3 aromatic carbocycles. The fourth-order valence-corrected chi connectivity index (χ4v) is 6.02. The van der Waals surface area contributed by atoms with Crippen molar-refractivity contribution >= 4 is 29.4 Å². The smallest absolute Gasteiger partial charge is 0.240 e. The maximum Gasteiger partial charge on any atom is 0.240 e. The summed E-state index contributed by atoms with van der Waals surface area (Å²) in [6.07, 6.45) is 0.829. The third kappa shape index (κ3) is 5.24. The summed E-state index contributed by atoms with van der Waals surface area (Å²) in [5.41, 5.74) is 6.94. The number of nitrogens with one attached hydrogen (secondary N) is 1. The molecule has 0 aliphatic carbocycles. The van der Waals surface area contributed by atoms with Crippen LogP contribution in [-0.2, 0) is 9.59 Å². The van der Waals surface area contributed by atoms with E-state index in [1.165, 1.54) is 0 Å². The standard InChI is InChI=1S/C31H32N4O2S/c1-4-16-32-26(36)19-34-27(37)20-38-30(24-14-8-10-21(2)17-24)28-29(23-12-6-5-7-13-23)33-35(31(28)34)25-15-9-11-22(3)18-25/h5-15,17-18,30H,4,16,19-20H2,1-3H3,(H,32,36)/t30-/m0/s1. The van der Waals surface area contributed by atoms with Crippen LogP contribution in [0.2, 0.25) is 0 Å². The number of anilines is 1. The Morgan fingerprint density at radius 1 is 1.00 bits per heavy atom. The summed E-state index contributed by atoms with van der Waals surface area (Å²) < 4.78 is 1.85. The van der Waals surface area contributed by atoms with Gasteiger partial charge in [0.05, 0.1) is 22.4 Å². The highest BCUT2D eigenvalue weighted by Crippen LogP contribution is 2.48. The average molecular weight is 525 g/mol. The number of carbonyl (C=O) groups is 2. The Bertz CT molecular complexity index is 1460. The quantitative estimate of drug-likeness (QED) is 0.329. The van der Waals surface area contributed by atoms with Gasteiger partial charge in [0.15, 0.2) is 0 Å². The van der Waals surface area contributed by atoms with E-state index in [9.17, 15) is 9.59 Å². The zero-order valence-corrected chi connectivity index (χ0v) is 22.8. The summed E-state index contributed by atoms with van der Waals surface area (Å²) >= 11 is 1.59. The molecule has 2 heterocycles. The number of thioether (sulfide) groups is 1. The number of nitrogens with zero attached hydrogens (tertiary/aromatic N) is 3. The molecule has 1 N–H and O–H groups in total. The second-order valence-electron chi connectivity index (χ2n) is 9.64. The average Bonchev–Trinajstić information content (AvgIpc) is 3.25. The zero-order chi connectivity index (χ0) is 26.6. The summed E-state index contributed by atoms with van der Waals surface area (Å²) in [6.45, 7) is 6.64. The van der Waals surface area contributed by atoms with Gasteiger partial charge in [-0.1, -0.05) is 79.2 Å². The number of carbonyl (C=O) groups excluding carboxylic acids is 2. The van der Waals surface area contributed by atoms with Crippen LogP contribution < -0.4 is 10.2 Å². The van der Waals surface area contributed by atoms with Crippen LogP contribution in [0.25, 0.3) is 16.9 Å². The summed E-state index contributed by atoms with van der Waals surface area (Å²) in [5.74, 6) is 0.633. The molecule has 1 aliphatic rings. The van der Waals surface area contributed by atoms with E-state index < -0.39 is 0 Å². The Balaban J connectivity index is 1.79. The maximum absolute atomic E-state index is 13.7. The Kier molecular flexibility index (Phi) is 7.65. The van der Waals surface area contributed by atoms with E-state index in [-0.39, 0.29) is 29.4 Å². The molecule has 1 atom stereocenters. The van der Waals surface area contributed by atoms with Gasteiger partial charge in [-0.05, 0) is 43.5 Å². The van der Waals surface area contributed by atoms with Crippen molar-refractivity contribution in [2.24, 2.45) is 0 Å². The third-order valence-corrected chi connectivity index (χ3v) is 7.86. The van der Waals surface area contributed by atoms with Crippen LogP contribution in [0.15, 0.2) is 78.9 Å². The highest BCUT2D eigenvalue weighted by atomic mass is 32.2. The lowest BCUT2D eigenvalue weighted by Crippen LogP contribution is -2.42. The van der Waals surface area contributed by atoms with Crippen LogP contribution in [0.1, 0.15) is 40.8 Å². The van der Waals surface area contributed by atoms with E-state index in [1.807, 2.05) is 67.1 Å². The lowest BCUT2D eigenvalue weighted by molar-refractivity contribution is -0.122. The number of aryl methyl sites for hydroxylation is 2. The minimum absolute atomic E-state index is 0.0569. The van der Waals surface area contributed by atoms with Gasteiger partial charge >= 0.3 is 0 Å². The van der Waals surface area contributed by atoms with Crippen molar-refractivity contribution in [1.29, 1.82) is 0 Å². The number of hydrogen-bond acceptors (Lipinski definition) is 4. The summed E-state index contributed by atoms with van der Waals surface area (Å²) in [4.78, 5) is 28.3. The van der Waals surface area contributed by atoms with Crippen LogP contribution in [0.3, 0.4) is 0 Å². The van der Waals surface area contributed by atoms with E-state index in [4.69, 9.17) is 5.10 Å². The van der Waals surface area contributed by atoms with Crippen LogP contribution >= 0.6 is 11.8 Å². The molecule has 5 rings (SSSR count). The molecule has 0 unspecified atom stereocenters. The van der Waals surface area contributed by atoms with E-state index in [0.29, 0.717) is 12.4 Å². The van der Waals surface area contributed by atoms with Gasteiger partial charge in [0, 0.05) is 17.7 Å². The van der Waals surface area contributed by atoms with Gasteiger partial charge in [-0.25, -0.2) is 4.68 Å². The molecule has 4 aromatic rings. The van der Waals surface area contributed by atoms with Crippen LogP contribution in [0.4, 0.5) is 5.82 Å². The molecule has 38 heavy (non-hydrogen) atoms. The second-order valence-corrected chi connectivity index (χ2v) is 10.7. The van der Waals surface area contributed by atoms with Gasteiger partial charge in [0.25, 0.3) is 0 Å². The molecule has 0 fully saturated rings. The van der Waals surface area contributed by atoms with Crippen molar-refractivity contribution in [3.8, 4) is 16.9 Å².